The summed E-state index contributed by atoms with van der Waals surface area (Å²) in [5.41, 5.74) is 1.01. The van der Waals surface area contributed by atoms with Gasteiger partial charge in [-0.1, -0.05) is 6.07 Å². The van der Waals surface area contributed by atoms with Crippen LogP contribution in [0.3, 0.4) is 0 Å². The van der Waals surface area contributed by atoms with Crippen molar-refractivity contribution in [2.45, 2.75) is 51.1 Å². The molecule has 112 valence electrons. The Morgan fingerprint density at radius 2 is 1.65 bits per heavy atom. The summed E-state index contributed by atoms with van der Waals surface area (Å²) in [6.45, 7) is 1.52. The Labute approximate surface area is 115 Å². The monoisotopic (exact) mass is 292 g/mol. The van der Waals surface area contributed by atoms with Crippen molar-refractivity contribution < 1.29 is 22.0 Å². The Hall–Kier alpha value is -1.13. The van der Waals surface area contributed by atoms with Crippen LogP contribution >= 0.6 is 0 Å². The van der Waals surface area contributed by atoms with Gasteiger partial charge in [0.05, 0.1) is 0 Å². The largest absolute Gasteiger partial charge is 0.389 e. The van der Waals surface area contributed by atoms with E-state index in [-0.39, 0.29) is 17.4 Å². The first-order chi connectivity index (χ1) is 9.28. The molecule has 2 rings (SSSR count). The number of rotatable bonds is 2. The predicted molar refractivity (Wildman–Crippen MR) is 66.5 cm³/mol. The van der Waals surface area contributed by atoms with Gasteiger partial charge in [-0.05, 0) is 61.6 Å². The maximum atomic E-state index is 13.5. The highest BCUT2D eigenvalue weighted by Gasteiger charge is 2.34. The minimum Gasteiger partial charge on any atom is -0.204 e. The third-order valence-corrected chi connectivity index (χ3v) is 4.19. The van der Waals surface area contributed by atoms with Gasteiger partial charge in [0.1, 0.15) is 0 Å². The molecule has 1 aliphatic carbocycles. The Bertz CT molecular complexity index is 470. The van der Waals surface area contributed by atoms with Crippen LogP contribution in [0, 0.1) is 24.5 Å². The van der Waals surface area contributed by atoms with Gasteiger partial charge in [-0.2, -0.15) is 13.2 Å². The van der Waals surface area contributed by atoms with Crippen molar-refractivity contribution in [2.75, 3.05) is 0 Å². The van der Waals surface area contributed by atoms with Crippen LogP contribution in [-0.4, -0.2) is 6.18 Å². The van der Waals surface area contributed by atoms with Crippen LogP contribution < -0.4 is 0 Å². The normalized spacial score (nSPS) is 23.9. The fraction of sp³-hybridized carbons (Fsp3) is 0.600. The van der Waals surface area contributed by atoms with E-state index in [0.717, 1.165) is 11.6 Å². The Kier molecular flexibility index (Phi) is 4.35. The molecule has 1 aromatic rings. The van der Waals surface area contributed by atoms with Crippen molar-refractivity contribution in [2.24, 2.45) is 5.92 Å². The molecule has 1 aromatic carbocycles. The lowest BCUT2D eigenvalue weighted by Crippen LogP contribution is -2.20. The molecule has 0 nitrogen and oxygen atoms in total. The van der Waals surface area contributed by atoms with Crippen LogP contribution in [0.2, 0.25) is 0 Å². The molecule has 0 N–H and O–H groups in total. The van der Waals surface area contributed by atoms with Crippen LogP contribution in [0.4, 0.5) is 22.0 Å². The van der Waals surface area contributed by atoms with Gasteiger partial charge in [0.2, 0.25) is 0 Å². The van der Waals surface area contributed by atoms with E-state index in [9.17, 15) is 22.0 Å². The lowest BCUT2D eigenvalue weighted by molar-refractivity contribution is -0.146. The maximum absolute atomic E-state index is 13.5. The zero-order valence-corrected chi connectivity index (χ0v) is 11.2. The summed E-state index contributed by atoms with van der Waals surface area (Å²) in [6, 6.07) is 2.65. The van der Waals surface area contributed by atoms with Crippen LogP contribution in [0.15, 0.2) is 12.1 Å². The highest BCUT2D eigenvalue weighted by atomic mass is 19.4. The maximum Gasteiger partial charge on any atom is 0.389 e. The fourth-order valence-corrected chi connectivity index (χ4v) is 3.11. The van der Waals surface area contributed by atoms with Gasteiger partial charge in [-0.25, -0.2) is 8.78 Å². The fourth-order valence-electron chi connectivity index (χ4n) is 3.11. The number of hydrogen-bond donors (Lipinski definition) is 0. The van der Waals surface area contributed by atoms with Gasteiger partial charge in [0.15, 0.2) is 11.6 Å². The molecule has 0 radical (unpaired) electrons. The summed E-state index contributed by atoms with van der Waals surface area (Å²) in [5.74, 6) is -2.02. The van der Waals surface area contributed by atoms with Crippen LogP contribution in [-0.2, 0) is 0 Å². The smallest absolute Gasteiger partial charge is 0.204 e. The number of halogens is 5. The second-order valence-corrected chi connectivity index (χ2v) is 5.61. The van der Waals surface area contributed by atoms with Gasteiger partial charge < -0.3 is 0 Å². The van der Waals surface area contributed by atoms with E-state index in [2.05, 4.69) is 0 Å². The highest BCUT2D eigenvalue weighted by Crippen LogP contribution is 2.41. The molecule has 0 unspecified atom stereocenters. The molecule has 5 heteroatoms. The zero-order valence-electron chi connectivity index (χ0n) is 11.2. The van der Waals surface area contributed by atoms with Crippen molar-refractivity contribution in [1.29, 1.82) is 0 Å². The van der Waals surface area contributed by atoms with Crippen molar-refractivity contribution in [1.82, 2.24) is 0 Å². The quantitative estimate of drug-likeness (QED) is 0.631. The second-order valence-electron chi connectivity index (χ2n) is 5.61. The molecule has 0 aromatic heterocycles. The SMILES string of the molecule is Cc1c(C2CCC(CC(F)(F)F)CC2)ccc(F)c1F. The van der Waals surface area contributed by atoms with Crippen molar-refractivity contribution in [3.05, 3.63) is 34.9 Å². The number of alkyl halides is 3. The molecule has 0 aliphatic heterocycles. The van der Waals surface area contributed by atoms with Crippen LogP contribution in [0.1, 0.15) is 49.1 Å². The molecule has 0 heterocycles. The first kappa shape index (κ1) is 15.3. The van der Waals surface area contributed by atoms with E-state index < -0.39 is 24.2 Å². The van der Waals surface area contributed by atoms with Gasteiger partial charge in [-0.15, -0.1) is 0 Å². The Morgan fingerprint density at radius 1 is 1.05 bits per heavy atom. The summed E-state index contributed by atoms with van der Waals surface area (Å²) in [4.78, 5) is 0. The number of benzene rings is 1. The third-order valence-electron chi connectivity index (χ3n) is 4.19. The van der Waals surface area contributed by atoms with Gasteiger partial charge in [0, 0.05) is 6.42 Å². The van der Waals surface area contributed by atoms with Crippen LogP contribution in [0.5, 0.6) is 0 Å². The van der Waals surface area contributed by atoms with E-state index in [1.54, 1.807) is 6.07 Å². The Balaban J connectivity index is 2.03. The van der Waals surface area contributed by atoms with Gasteiger partial charge in [-0.3, -0.25) is 0 Å². The average Bonchev–Trinajstić information content (AvgIpc) is 2.36. The average molecular weight is 292 g/mol. The van der Waals surface area contributed by atoms with Crippen molar-refractivity contribution in [3.8, 4) is 0 Å². The van der Waals surface area contributed by atoms with E-state index in [4.69, 9.17) is 0 Å². The Morgan fingerprint density at radius 3 is 2.20 bits per heavy atom. The van der Waals surface area contributed by atoms with Crippen molar-refractivity contribution in [3.63, 3.8) is 0 Å². The second kappa shape index (κ2) is 5.70. The summed E-state index contributed by atoms with van der Waals surface area (Å²) < 4.78 is 63.6. The summed E-state index contributed by atoms with van der Waals surface area (Å²) in [6.07, 6.45) is -2.67. The highest BCUT2D eigenvalue weighted by molar-refractivity contribution is 5.31. The molecular formula is C15H17F5. The lowest BCUT2D eigenvalue weighted by atomic mass is 9.76. The molecule has 1 aliphatic rings. The third kappa shape index (κ3) is 3.49. The van der Waals surface area contributed by atoms with E-state index in [1.165, 1.54) is 6.92 Å². The van der Waals surface area contributed by atoms with Gasteiger partial charge >= 0.3 is 6.18 Å². The first-order valence-electron chi connectivity index (χ1n) is 6.79. The molecule has 1 saturated carbocycles. The molecule has 0 amide bonds. The topological polar surface area (TPSA) is 0 Å². The molecule has 0 bridgehead atoms. The lowest BCUT2D eigenvalue weighted by Gasteiger charge is -2.30. The summed E-state index contributed by atoms with van der Waals surface area (Å²) in [7, 11) is 0. The number of hydrogen-bond acceptors (Lipinski definition) is 0. The van der Waals surface area contributed by atoms with E-state index in [1.807, 2.05) is 0 Å². The molecular weight excluding hydrogens is 275 g/mol. The molecule has 20 heavy (non-hydrogen) atoms. The molecule has 0 atom stereocenters. The van der Waals surface area contributed by atoms with Crippen molar-refractivity contribution >= 4 is 0 Å². The standard InChI is InChI=1S/C15H17F5/c1-9-12(6-7-13(16)14(9)17)11-4-2-10(3-5-11)8-15(18,19)20/h6-7,10-11H,2-5,8H2,1H3. The van der Waals surface area contributed by atoms with Crippen LogP contribution in [0.25, 0.3) is 0 Å². The molecule has 0 spiro atoms. The first-order valence-corrected chi connectivity index (χ1v) is 6.79. The van der Waals surface area contributed by atoms with Gasteiger partial charge in [0.25, 0.3) is 0 Å². The van der Waals surface area contributed by atoms with E-state index in [0.29, 0.717) is 25.7 Å². The minimum atomic E-state index is -4.12. The minimum absolute atomic E-state index is 0.0367. The summed E-state index contributed by atoms with van der Waals surface area (Å²) >= 11 is 0. The summed E-state index contributed by atoms with van der Waals surface area (Å²) in [5, 5.41) is 0. The van der Waals surface area contributed by atoms with E-state index >= 15 is 0 Å². The zero-order chi connectivity index (χ0) is 14.9. The molecule has 0 saturated heterocycles. The molecule has 1 fully saturated rings. The predicted octanol–water partition coefficient (Wildman–Crippen LogP) is 5.50.